The van der Waals surface area contributed by atoms with E-state index in [1.807, 2.05) is 68.4 Å². The van der Waals surface area contributed by atoms with Gasteiger partial charge in [-0.3, -0.25) is 14.5 Å². The number of rotatable bonds is 7. The Labute approximate surface area is 171 Å². The molecule has 1 heterocycles. The first kappa shape index (κ1) is 20.6. The highest BCUT2D eigenvalue weighted by atomic mass is 16.2. The summed E-state index contributed by atoms with van der Waals surface area (Å²) in [6, 6.07) is 16.9. The maximum atomic E-state index is 12.9. The minimum Gasteiger partial charge on any atom is -0.352 e. The lowest BCUT2D eigenvalue weighted by molar-refractivity contribution is -0.135. The van der Waals surface area contributed by atoms with Crippen molar-refractivity contribution in [3.05, 3.63) is 71.3 Å². The fourth-order valence-electron chi connectivity index (χ4n) is 3.49. The van der Waals surface area contributed by atoms with E-state index in [0.29, 0.717) is 5.56 Å². The smallest absolute Gasteiger partial charge is 0.325 e. The van der Waals surface area contributed by atoms with E-state index in [1.54, 1.807) is 6.92 Å². The molecule has 0 bridgehead atoms. The number of aryl methyl sites for hydroxylation is 2. The number of carbonyl (C=O) groups excluding carboxylic acids is 3. The average Bonchev–Trinajstić information content (AvgIpc) is 2.91. The lowest BCUT2D eigenvalue weighted by Gasteiger charge is -2.22. The molecule has 1 saturated heterocycles. The van der Waals surface area contributed by atoms with Crippen molar-refractivity contribution >= 4 is 17.8 Å². The lowest BCUT2D eigenvalue weighted by atomic mass is 9.91. The standard InChI is InChI=1S/C23H27N3O3/c1-16-9-13-19(14-10-16)23(3)21(28)26(22(29)25-23)15-20(27)24-17(2)11-12-18-7-5-4-6-8-18/h4-10,13-14,17H,11-12,15H2,1-3H3,(H,24,27)(H,25,29)/t17-,23+/m0/s1. The van der Waals surface area contributed by atoms with E-state index in [4.69, 9.17) is 0 Å². The van der Waals surface area contributed by atoms with Crippen molar-refractivity contribution in [2.45, 2.75) is 45.2 Å². The highest BCUT2D eigenvalue weighted by molar-refractivity contribution is 6.09. The molecule has 0 radical (unpaired) electrons. The Bertz CT molecular complexity index is 895. The fourth-order valence-corrected chi connectivity index (χ4v) is 3.49. The van der Waals surface area contributed by atoms with Gasteiger partial charge in [-0.05, 0) is 44.7 Å². The van der Waals surface area contributed by atoms with Crippen LogP contribution in [-0.2, 0) is 21.5 Å². The first-order valence-electron chi connectivity index (χ1n) is 9.84. The number of hydrogen-bond acceptors (Lipinski definition) is 3. The lowest BCUT2D eigenvalue weighted by Crippen LogP contribution is -2.45. The zero-order valence-electron chi connectivity index (χ0n) is 17.1. The molecule has 29 heavy (non-hydrogen) atoms. The third kappa shape index (κ3) is 4.65. The maximum Gasteiger partial charge on any atom is 0.325 e. The summed E-state index contributed by atoms with van der Waals surface area (Å²) in [5, 5.41) is 5.61. The summed E-state index contributed by atoms with van der Waals surface area (Å²) in [5.41, 5.74) is 1.80. The van der Waals surface area contributed by atoms with Crippen molar-refractivity contribution in [2.24, 2.45) is 0 Å². The second-order valence-corrected chi connectivity index (χ2v) is 7.81. The van der Waals surface area contributed by atoms with E-state index in [0.717, 1.165) is 23.3 Å². The van der Waals surface area contributed by atoms with Crippen LogP contribution in [0.15, 0.2) is 54.6 Å². The van der Waals surface area contributed by atoms with Crippen LogP contribution in [0.4, 0.5) is 4.79 Å². The van der Waals surface area contributed by atoms with Crippen LogP contribution in [0.5, 0.6) is 0 Å². The Morgan fingerprint density at radius 1 is 1.10 bits per heavy atom. The van der Waals surface area contributed by atoms with Crippen LogP contribution in [0.1, 0.15) is 37.0 Å². The Balaban J connectivity index is 1.58. The number of hydrogen-bond donors (Lipinski definition) is 2. The number of urea groups is 1. The largest absolute Gasteiger partial charge is 0.352 e. The van der Waals surface area contributed by atoms with Gasteiger partial charge in [-0.25, -0.2) is 4.79 Å². The third-order valence-corrected chi connectivity index (χ3v) is 5.32. The topological polar surface area (TPSA) is 78.5 Å². The molecule has 2 atom stereocenters. The fraction of sp³-hybridized carbons (Fsp3) is 0.348. The molecule has 0 saturated carbocycles. The quantitative estimate of drug-likeness (QED) is 0.710. The SMILES string of the molecule is Cc1ccc([C@@]2(C)NC(=O)N(CC(=O)N[C@@H](C)CCc3ccccc3)C2=O)cc1. The zero-order chi connectivity index (χ0) is 21.0. The van der Waals surface area contributed by atoms with Gasteiger partial charge in [0.05, 0.1) is 0 Å². The van der Waals surface area contributed by atoms with Crippen molar-refractivity contribution in [1.82, 2.24) is 15.5 Å². The van der Waals surface area contributed by atoms with E-state index in [2.05, 4.69) is 10.6 Å². The number of benzene rings is 2. The molecule has 1 aliphatic heterocycles. The molecule has 1 fully saturated rings. The van der Waals surface area contributed by atoms with Crippen molar-refractivity contribution < 1.29 is 14.4 Å². The predicted molar refractivity (Wildman–Crippen MR) is 111 cm³/mol. The molecule has 4 amide bonds. The van der Waals surface area contributed by atoms with Gasteiger partial charge in [-0.2, -0.15) is 0 Å². The summed E-state index contributed by atoms with van der Waals surface area (Å²) in [6.45, 7) is 5.25. The monoisotopic (exact) mass is 393 g/mol. The van der Waals surface area contributed by atoms with Crippen LogP contribution in [0.2, 0.25) is 0 Å². The molecule has 2 aromatic rings. The number of nitrogens with one attached hydrogen (secondary N) is 2. The van der Waals surface area contributed by atoms with Gasteiger partial charge in [0.15, 0.2) is 0 Å². The van der Waals surface area contributed by atoms with Crippen LogP contribution >= 0.6 is 0 Å². The summed E-state index contributed by atoms with van der Waals surface area (Å²) < 4.78 is 0. The third-order valence-electron chi connectivity index (χ3n) is 5.32. The molecular weight excluding hydrogens is 366 g/mol. The van der Waals surface area contributed by atoms with Crippen LogP contribution in [-0.4, -0.2) is 35.3 Å². The molecule has 2 N–H and O–H groups in total. The Hall–Kier alpha value is -3.15. The molecule has 6 heteroatoms. The molecular formula is C23H27N3O3. The van der Waals surface area contributed by atoms with E-state index in [-0.39, 0.29) is 18.5 Å². The summed E-state index contributed by atoms with van der Waals surface area (Å²) >= 11 is 0. The van der Waals surface area contributed by atoms with E-state index >= 15 is 0 Å². The molecule has 0 aromatic heterocycles. The maximum absolute atomic E-state index is 12.9. The molecule has 6 nitrogen and oxygen atoms in total. The van der Waals surface area contributed by atoms with Crippen LogP contribution in [0, 0.1) is 6.92 Å². The zero-order valence-corrected chi connectivity index (χ0v) is 17.1. The molecule has 3 rings (SSSR count). The summed E-state index contributed by atoms with van der Waals surface area (Å²) in [4.78, 5) is 38.7. The van der Waals surface area contributed by atoms with E-state index in [9.17, 15) is 14.4 Å². The minimum atomic E-state index is -1.16. The predicted octanol–water partition coefficient (Wildman–Crippen LogP) is 2.90. The second-order valence-electron chi connectivity index (χ2n) is 7.81. The van der Waals surface area contributed by atoms with Gasteiger partial charge >= 0.3 is 6.03 Å². The van der Waals surface area contributed by atoms with Gasteiger partial charge in [0, 0.05) is 6.04 Å². The molecule has 0 spiro atoms. The van der Waals surface area contributed by atoms with E-state index < -0.39 is 17.5 Å². The van der Waals surface area contributed by atoms with Gasteiger partial charge in [0.2, 0.25) is 5.91 Å². The number of carbonyl (C=O) groups is 3. The molecule has 0 unspecified atom stereocenters. The first-order valence-corrected chi connectivity index (χ1v) is 9.84. The number of imide groups is 1. The first-order chi connectivity index (χ1) is 13.8. The minimum absolute atomic E-state index is 0.0630. The van der Waals surface area contributed by atoms with Gasteiger partial charge in [0.25, 0.3) is 5.91 Å². The van der Waals surface area contributed by atoms with Crippen LogP contribution in [0.25, 0.3) is 0 Å². The highest BCUT2D eigenvalue weighted by Crippen LogP contribution is 2.28. The number of nitrogens with zero attached hydrogens (tertiary/aromatic N) is 1. The summed E-state index contributed by atoms with van der Waals surface area (Å²) in [5.74, 6) is -0.763. The molecule has 152 valence electrons. The highest BCUT2D eigenvalue weighted by Gasteiger charge is 2.49. The molecule has 0 aliphatic carbocycles. The Morgan fingerprint density at radius 3 is 2.41 bits per heavy atom. The molecule has 2 aromatic carbocycles. The van der Waals surface area contributed by atoms with Gasteiger partial charge < -0.3 is 10.6 Å². The summed E-state index contributed by atoms with van der Waals surface area (Å²) in [6.07, 6.45) is 1.62. The Morgan fingerprint density at radius 2 is 1.76 bits per heavy atom. The average molecular weight is 393 g/mol. The van der Waals surface area contributed by atoms with Crippen LogP contribution < -0.4 is 10.6 Å². The normalized spacial score (nSPS) is 19.8. The Kier molecular flexibility index (Phi) is 6.01. The van der Waals surface area contributed by atoms with Crippen molar-refractivity contribution in [2.75, 3.05) is 6.54 Å². The summed E-state index contributed by atoms with van der Waals surface area (Å²) in [7, 11) is 0. The van der Waals surface area contributed by atoms with Crippen LogP contribution in [0.3, 0.4) is 0 Å². The van der Waals surface area contributed by atoms with Crippen molar-refractivity contribution in [3.8, 4) is 0 Å². The molecule has 1 aliphatic rings. The van der Waals surface area contributed by atoms with Gasteiger partial charge in [0.1, 0.15) is 12.1 Å². The number of amides is 4. The van der Waals surface area contributed by atoms with E-state index in [1.165, 1.54) is 5.56 Å². The van der Waals surface area contributed by atoms with Gasteiger partial charge in [-0.15, -0.1) is 0 Å². The van der Waals surface area contributed by atoms with Gasteiger partial charge in [-0.1, -0.05) is 60.2 Å². The van der Waals surface area contributed by atoms with Crippen molar-refractivity contribution in [3.63, 3.8) is 0 Å². The second kappa shape index (κ2) is 8.47. The van der Waals surface area contributed by atoms with Crippen molar-refractivity contribution in [1.29, 1.82) is 0 Å².